The number of esters is 3. The van der Waals surface area contributed by atoms with Gasteiger partial charge in [-0.05, 0) is 19.3 Å². The molecule has 0 aromatic heterocycles. The maximum atomic E-state index is 12.1. The Morgan fingerprint density at radius 3 is 2.44 bits per heavy atom. The molecule has 3 fully saturated rings. The van der Waals surface area contributed by atoms with Crippen LogP contribution in [0, 0.1) is 17.3 Å². The normalized spacial score (nSPS) is 40.0. The maximum absolute atomic E-state index is 12.1. The summed E-state index contributed by atoms with van der Waals surface area (Å²) >= 11 is 0. The van der Waals surface area contributed by atoms with Gasteiger partial charge in [-0.15, -0.1) is 0 Å². The molecule has 6 heteroatoms. The van der Waals surface area contributed by atoms with E-state index in [4.69, 9.17) is 14.2 Å². The van der Waals surface area contributed by atoms with Gasteiger partial charge in [0, 0.05) is 30.8 Å². The summed E-state index contributed by atoms with van der Waals surface area (Å²) in [6.07, 6.45) is 0.451. The Labute approximate surface area is 147 Å². The SMILES string of the molecule is C=C1CC[C@@H](OC(C)=O)[C@]2(C)C[C@H](OC(C)=O)[C@H]3C(=C)C(=O)O[C@@H]3C12. The van der Waals surface area contributed by atoms with Crippen LogP contribution in [0.25, 0.3) is 0 Å². The third kappa shape index (κ3) is 2.77. The van der Waals surface area contributed by atoms with E-state index in [2.05, 4.69) is 13.2 Å². The predicted molar refractivity (Wildman–Crippen MR) is 88.2 cm³/mol. The zero-order valence-corrected chi connectivity index (χ0v) is 14.9. The summed E-state index contributed by atoms with van der Waals surface area (Å²) in [5.41, 5.74) is 0.790. The first kappa shape index (κ1) is 17.7. The molecule has 0 amide bonds. The zero-order chi connectivity index (χ0) is 18.5. The van der Waals surface area contributed by atoms with Crippen LogP contribution in [0.5, 0.6) is 0 Å². The van der Waals surface area contributed by atoms with E-state index in [9.17, 15) is 14.4 Å². The third-order valence-electron chi connectivity index (χ3n) is 5.87. The van der Waals surface area contributed by atoms with Gasteiger partial charge in [0.1, 0.15) is 18.3 Å². The summed E-state index contributed by atoms with van der Waals surface area (Å²) in [6.45, 7) is 12.8. The highest BCUT2D eigenvalue weighted by atomic mass is 16.6. The van der Waals surface area contributed by atoms with Crippen molar-refractivity contribution in [1.82, 2.24) is 0 Å². The number of rotatable bonds is 2. The van der Waals surface area contributed by atoms with Crippen LogP contribution in [0.3, 0.4) is 0 Å². The molecule has 0 N–H and O–H groups in total. The molecule has 1 heterocycles. The number of ether oxygens (including phenoxy) is 3. The molecule has 0 aromatic carbocycles. The van der Waals surface area contributed by atoms with Crippen LogP contribution in [-0.2, 0) is 28.6 Å². The second-order valence-corrected chi connectivity index (χ2v) is 7.55. The van der Waals surface area contributed by atoms with E-state index in [0.29, 0.717) is 24.8 Å². The van der Waals surface area contributed by atoms with Crippen molar-refractivity contribution in [2.75, 3.05) is 0 Å². The Morgan fingerprint density at radius 2 is 1.84 bits per heavy atom. The van der Waals surface area contributed by atoms with Gasteiger partial charge < -0.3 is 14.2 Å². The average molecular weight is 348 g/mol. The van der Waals surface area contributed by atoms with Gasteiger partial charge in [0.15, 0.2) is 0 Å². The first-order valence-electron chi connectivity index (χ1n) is 8.57. The number of carbonyl (C=O) groups excluding carboxylic acids is 3. The van der Waals surface area contributed by atoms with E-state index in [1.807, 2.05) is 6.92 Å². The molecule has 3 aliphatic rings. The maximum Gasteiger partial charge on any atom is 0.334 e. The Balaban J connectivity index is 2.03. The van der Waals surface area contributed by atoms with Crippen LogP contribution in [0.15, 0.2) is 24.3 Å². The fourth-order valence-electron chi connectivity index (χ4n) is 4.94. The quantitative estimate of drug-likeness (QED) is 0.330. The highest BCUT2D eigenvalue weighted by Crippen LogP contribution is 2.58. The molecule has 6 nitrogen and oxygen atoms in total. The number of fused-ring (bicyclic) bond motifs is 3. The van der Waals surface area contributed by atoms with Gasteiger partial charge in [0.2, 0.25) is 0 Å². The lowest BCUT2D eigenvalue weighted by atomic mass is 9.53. The van der Waals surface area contributed by atoms with Gasteiger partial charge in [-0.1, -0.05) is 25.7 Å². The summed E-state index contributed by atoms with van der Waals surface area (Å²) in [6, 6.07) is 0. The van der Waals surface area contributed by atoms with Crippen molar-refractivity contribution >= 4 is 17.9 Å². The molecule has 136 valence electrons. The summed E-state index contributed by atoms with van der Waals surface area (Å²) in [7, 11) is 0. The third-order valence-corrected chi connectivity index (χ3v) is 5.87. The van der Waals surface area contributed by atoms with Crippen LogP contribution in [0.4, 0.5) is 0 Å². The van der Waals surface area contributed by atoms with E-state index < -0.39 is 29.6 Å². The molecule has 25 heavy (non-hydrogen) atoms. The molecular formula is C19H24O6. The molecule has 0 bridgehead atoms. The minimum Gasteiger partial charge on any atom is -0.462 e. The number of carbonyl (C=O) groups is 3. The lowest BCUT2D eigenvalue weighted by Crippen LogP contribution is -2.58. The minimum absolute atomic E-state index is 0.161. The predicted octanol–water partition coefficient (Wildman–Crippen LogP) is 2.32. The van der Waals surface area contributed by atoms with Crippen molar-refractivity contribution in [2.45, 2.75) is 58.3 Å². The Bertz CT molecular complexity index is 665. The summed E-state index contributed by atoms with van der Waals surface area (Å²) in [5, 5.41) is 0. The highest BCUT2D eigenvalue weighted by Gasteiger charge is 2.63. The molecular weight excluding hydrogens is 324 g/mol. The molecule has 1 unspecified atom stereocenters. The average Bonchev–Trinajstić information content (AvgIpc) is 2.76. The van der Waals surface area contributed by atoms with Crippen molar-refractivity contribution in [3.8, 4) is 0 Å². The summed E-state index contributed by atoms with van der Waals surface area (Å²) < 4.78 is 16.7. The van der Waals surface area contributed by atoms with Gasteiger partial charge >= 0.3 is 17.9 Å². The standard InChI is InChI=1S/C19H24O6/c1-9-6-7-14(24-12(4)21)19(5)8-13(23-11(3)20)15-10(2)18(22)25-17(15)16(9)19/h13-17H,1-2,6-8H2,3-5H3/t13-,14+,15+,16?,17-,19-/m0/s1. The first-order chi connectivity index (χ1) is 11.6. The molecule has 2 aliphatic carbocycles. The smallest absolute Gasteiger partial charge is 0.334 e. The Kier molecular flexibility index (Phi) is 4.25. The fourth-order valence-corrected chi connectivity index (χ4v) is 4.94. The van der Waals surface area contributed by atoms with Crippen molar-refractivity contribution in [2.24, 2.45) is 17.3 Å². The zero-order valence-electron chi connectivity index (χ0n) is 14.9. The minimum atomic E-state index is -0.536. The van der Waals surface area contributed by atoms with Crippen molar-refractivity contribution < 1.29 is 28.6 Å². The van der Waals surface area contributed by atoms with Crippen LogP contribution in [0.2, 0.25) is 0 Å². The number of hydrogen-bond donors (Lipinski definition) is 0. The topological polar surface area (TPSA) is 78.9 Å². The van der Waals surface area contributed by atoms with Crippen LogP contribution < -0.4 is 0 Å². The summed E-state index contributed by atoms with van der Waals surface area (Å²) in [4.78, 5) is 35.3. The lowest BCUT2D eigenvalue weighted by Gasteiger charge is -2.55. The van der Waals surface area contributed by atoms with Gasteiger partial charge in [0.05, 0.1) is 5.92 Å². The molecule has 1 saturated heterocycles. The molecule has 2 saturated carbocycles. The molecule has 6 atom stereocenters. The summed E-state index contributed by atoms with van der Waals surface area (Å²) in [5.74, 6) is -1.78. The van der Waals surface area contributed by atoms with E-state index in [0.717, 1.165) is 5.57 Å². The van der Waals surface area contributed by atoms with Gasteiger partial charge in [-0.25, -0.2) is 4.79 Å². The fraction of sp³-hybridized carbons (Fsp3) is 0.632. The molecule has 1 aliphatic heterocycles. The Hall–Kier alpha value is -2.11. The van der Waals surface area contributed by atoms with Crippen molar-refractivity contribution in [3.05, 3.63) is 24.3 Å². The van der Waals surface area contributed by atoms with E-state index in [-0.39, 0.29) is 23.9 Å². The molecule has 0 spiro atoms. The van der Waals surface area contributed by atoms with Crippen LogP contribution >= 0.6 is 0 Å². The van der Waals surface area contributed by atoms with Crippen molar-refractivity contribution in [1.29, 1.82) is 0 Å². The molecule has 0 radical (unpaired) electrons. The lowest BCUT2D eigenvalue weighted by molar-refractivity contribution is -0.188. The first-order valence-corrected chi connectivity index (χ1v) is 8.57. The van der Waals surface area contributed by atoms with E-state index in [1.165, 1.54) is 13.8 Å². The van der Waals surface area contributed by atoms with Gasteiger partial charge in [0.25, 0.3) is 0 Å². The van der Waals surface area contributed by atoms with Gasteiger partial charge in [-0.3, -0.25) is 9.59 Å². The second-order valence-electron chi connectivity index (χ2n) is 7.55. The van der Waals surface area contributed by atoms with Crippen LogP contribution in [-0.4, -0.2) is 36.2 Å². The number of hydrogen-bond acceptors (Lipinski definition) is 6. The van der Waals surface area contributed by atoms with Gasteiger partial charge in [-0.2, -0.15) is 0 Å². The van der Waals surface area contributed by atoms with E-state index in [1.54, 1.807) is 0 Å². The molecule has 0 aromatic rings. The Morgan fingerprint density at radius 1 is 1.20 bits per heavy atom. The van der Waals surface area contributed by atoms with E-state index >= 15 is 0 Å². The van der Waals surface area contributed by atoms with Crippen LogP contribution in [0.1, 0.15) is 40.0 Å². The largest absolute Gasteiger partial charge is 0.462 e. The molecule has 3 rings (SSSR count). The highest BCUT2D eigenvalue weighted by molar-refractivity contribution is 5.91. The monoisotopic (exact) mass is 348 g/mol. The van der Waals surface area contributed by atoms with Crippen molar-refractivity contribution in [3.63, 3.8) is 0 Å². The second kappa shape index (κ2) is 6.00.